The summed E-state index contributed by atoms with van der Waals surface area (Å²) in [5.74, 6) is 0. The van der Waals surface area contributed by atoms with Gasteiger partial charge < -0.3 is 19.5 Å². The number of aromatic nitrogens is 1. The lowest BCUT2D eigenvalue weighted by molar-refractivity contribution is -0.0329. The quantitative estimate of drug-likeness (QED) is 0.675. The lowest BCUT2D eigenvalue weighted by Gasteiger charge is -2.19. The fourth-order valence-corrected chi connectivity index (χ4v) is 3.32. The van der Waals surface area contributed by atoms with E-state index in [1.807, 2.05) is 45.4 Å². The smallest absolute Gasteiger partial charge is 0.163 e. The average Bonchev–Trinajstić information content (AvgIpc) is 2.76. The Kier molecular flexibility index (Phi) is 4.36. The molecule has 115 valence electrons. The number of benzene rings is 1. The van der Waals surface area contributed by atoms with E-state index < -0.39 is 24.5 Å². The standard InChI is InChI=1S/C16H19BNO3S/c1-9-3-4-11-10(7-9)5-6-18(16(11)22)15-14(20)13(19)12(21-15)8-17-2/h3-7,12-15,19-20H,8H2,1-2H3. The van der Waals surface area contributed by atoms with Crippen molar-refractivity contribution in [3.05, 3.63) is 40.7 Å². The molecule has 6 heteroatoms. The van der Waals surface area contributed by atoms with Gasteiger partial charge in [-0.05, 0) is 18.4 Å². The van der Waals surface area contributed by atoms with E-state index in [0.717, 1.165) is 10.8 Å². The van der Waals surface area contributed by atoms with Gasteiger partial charge in [0.2, 0.25) is 0 Å². The SMILES string of the molecule is C[B]CC1OC(n2ccc3cc(C)ccc3c2=S)C(O)C1O. The summed E-state index contributed by atoms with van der Waals surface area (Å²) in [6, 6.07) is 8.03. The maximum atomic E-state index is 10.3. The molecule has 1 aliphatic rings. The predicted molar refractivity (Wildman–Crippen MR) is 89.9 cm³/mol. The van der Waals surface area contributed by atoms with Gasteiger partial charge in [0.05, 0.1) is 6.10 Å². The van der Waals surface area contributed by atoms with E-state index in [4.69, 9.17) is 17.0 Å². The van der Waals surface area contributed by atoms with Crippen molar-refractivity contribution in [1.29, 1.82) is 0 Å². The molecule has 0 spiro atoms. The number of pyridine rings is 1. The highest BCUT2D eigenvalue weighted by Gasteiger charge is 2.42. The third-order valence-electron chi connectivity index (χ3n) is 4.17. The van der Waals surface area contributed by atoms with Gasteiger partial charge in [0.1, 0.15) is 24.1 Å². The number of aliphatic hydroxyl groups excluding tert-OH is 2. The summed E-state index contributed by atoms with van der Waals surface area (Å²) in [6.07, 6.45) is -0.535. The van der Waals surface area contributed by atoms with Crippen LogP contribution in [0, 0.1) is 11.6 Å². The van der Waals surface area contributed by atoms with Crippen LogP contribution in [0.3, 0.4) is 0 Å². The molecule has 0 saturated carbocycles. The second-order valence-electron chi connectivity index (χ2n) is 5.81. The van der Waals surface area contributed by atoms with Crippen LogP contribution in [0.4, 0.5) is 0 Å². The van der Waals surface area contributed by atoms with E-state index >= 15 is 0 Å². The third kappa shape index (κ3) is 2.61. The van der Waals surface area contributed by atoms with Crippen LogP contribution in [-0.4, -0.2) is 40.4 Å². The number of aryl methyl sites for hydroxylation is 1. The summed E-state index contributed by atoms with van der Waals surface area (Å²) in [7, 11) is 1.92. The Balaban J connectivity index is 2.02. The Labute approximate surface area is 135 Å². The van der Waals surface area contributed by atoms with Crippen LogP contribution >= 0.6 is 12.2 Å². The highest BCUT2D eigenvalue weighted by molar-refractivity contribution is 7.71. The zero-order valence-electron chi connectivity index (χ0n) is 12.6. The number of fused-ring (bicyclic) bond motifs is 1. The van der Waals surface area contributed by atoms with E-state index in [9.17, 15) is 10.2 Å². The minimum atomic E-state index is -0.987. The molecule has 1 aliphatic heterocycles. The molecule has 22 heavy (non-hydrogen) atoms. The van der Waals surface area contributed by atoms with Gasteiger partial charge in [-0.3, -0.25) is 0 Å². The molecule has 2 aromatic rings. The van der Waals surface area contributed by atoms with Crippen molar-refractivity contribution in [2.45, 2.75) is 44.6 Å². The Morgan fingerprint density at radius 1 is 1.27 bits per heavy atom. The van der Waals surface area contributed by atoms with Crippen LogP contribution in [0.5, 0.6) is 0 Å². The third-order valence-corrected chi connectivity index (χ3v) is 4.60. The van der Waals surface area contributed by atoms with E-state index in [-0.39, 0.29) is 0 Å². The highest BCUT2D eigenvalue weighted by Crippen LogP contribution is 2.32. The second-order valence-corrected chi connectivity index (χ2v) is 6.20. The molecule has 0 aliphatic carbocycles. The number of aliphatic hydroxyl groups is 2. The molecule has 1 aromatic carbocycles. The summed E-state index contributed by atoms with van der Waals surface area (Å²) in [6.45, 7) is 3.94. The summed E-state index contributed by atoms with van der Waals surface area (Å²) < 4.78 is 8.17. The van der Waals surface area contributed by atoms with Crippen LogP contribution in [0.15, 0.2) is 30.5 Å². The van der Waals surface area contributed by atoms with E-state index in [1.54, 1.807) is 4.57 Å². The van der Waals surface area contributed by atoms with Crippen molar-refractivity contribution in [3.63, 3.8) is 0 Å². The lowest BCUT2D eigenvalue weighted by atomic mass is 9.74. The Bertz CT molecular complexity index is 748. The van der Waals surface area contributed by atoms with Crippen molar-refractivity contribution in [2.75, 3.05) is 0 Å². The molecule has 1 saturated heterocycles. The second kappa shape index (κ2) is 6.12. The topological polar surface area (TPSA) is 54.6 Å². The average molecular weight is 316 g/mol. The normalized spacial score (nSPS) is 28.2. The molecule has 1 fully saturated rings. The summed E-state index contributed by atoms with van der Waals surface area (Å²) in [5.41, 5.74) is 1.17. The van der Waals surface area contributed by atoms with Crippen molar-refractivity contribution in [3.8, 4) is 0 Å². The van der Waals surface area contributed by atoms with Crippen molar-refractivity contribution >= 4 is 30.3 Å². The Hall–Kier alpha value is -1.21. The van der Waals surface area contributed by atoms with Crippen molar-refractivity contribution in [1.82, 2.24) is 4.57 Å². The molecule has 2 heterocycles. The van der Waals surface area contributed by atoms with Crippen LogP contribution in [0.25, 0.3) is 10.8 Å². The molecule has 4 unspecified atom stereocenters. The van der Waals surface area contributed by atoms with Gasteiger partial charge >= 0.3 is 0 Å². The first kappa shape index (κ1) is 15.7. The minimum absolute atomic E-state index is 0.402. The first-order chi connectivity index (χ1) is 10.5. The summed E-state index contributed by atoms with van der Waals surface area (Å²) in [5, 5.41) is 22.4. The Morgan fingerprint density at radius 3 is 2.77 bits per heavy atom. The molecule has 2 N–H and O–H groups in total. The summed E-state index contributed by atoms with van der Waals surface area (Å²) >= 11 is 5.55. The van der Waals surface area contributed by atoms with Crippen molar-refractivity contribution in [2.24, 2.45) is 0 Å². The fraction of sp³-hybridized carbons (Fsp3) is 0.438. The first-order valence-electron chi connectivity index (χ1n) is 7.44. The van der Waals surface area contributed by atoms with Gasteiger partial charge in [0, 0.05) is 11.6 Å². The number of ether oxygens (including phenoxy) is 1. The van der Waals surface area contributed by atoms with E-state index in [2.05, 4.69) is 6.07 Å². The number of hydrogen-bond acceptors (Lipinski definition) is 4. The first-order valence-corrected chi connectivity index (χ1v) is 7.84. The van der Waals surface area contributed by atoms with Crippen LogP contribution in [-0.2, 0) is 4.74 Å². The molecule has 0 bridgehead atoms. The van der Waals surface area contributed by atoms with E-state index in [1.165, 1.54) is 5.56 Å². The van der Waals surface area contributed by atoms with Gasteiger partial charge in [-0.15, -0.1) is 0 Å². The van der Waals surface area contributed by atoms with Crippen LogP contribution in [0.2, 0.25) is 13.1 Å². The predicted octanol–water partition coefficient (Wildman–Crippen LogP) is 2.47. The Morgan fingerprint density at radius 2 is 2.05 bits per heavy atom. The van der Waals surface area contributed by atoms with Crippen LogP contribution in [0.1, 0.15) is 11.8 Å². The molecule has 1 radical (unpaired) electrons. The largest absolute Gasteiger partial charge is 0.388 e. The van der Waals surface area contributed by atoms with Gasteiger partial charge in [-0.25, -0.2) is 0 Å². The van der Waals surface area contributed by atoms with Gasteiger partial charge in [-0.2, -0.15) is 0 Å². The highest BCUT2D eigenvalue weighted by atomic mass is 32.1. The van der Waals surface area contributed by atoms with Crippen LogP contribution < -0.4 is 0 Å². The maximum Gasteiger partial charge on any atom is 0.163 e. The van der Waals surface area contributed by atoms with Gasteiger partial charge in [-0.1, -0.05) is 49.1 Å². The minimum Gasteiger partial charge on any atom is -0.388 e. The molecule has 3 rings (SSSR count). The molecular weight excluding hydrogens is 297 g/mol. The number of rotatable bonds is 3. The molecule has 4 atom stereocenters. The lowest BCUT2D eigenvalue weighted by Crippen LogP contribution is -2.31. The molecule has 4 nitrogen and oxygen atoms in total. The maximum absolute atomic E-state index is 10.3. The zero-order valence-corrected chi connectivity index (χ0v) is 13.5. The monoisotopic (exact) mass is 316 g/mol. The van der Waals surface area contributed by atoms with Crippen molar-refractivity contribution < 1.29 is 14.9 Å². The number of nitrogens with zero attached hydrogens (tertiary/aromatic N) is 1. The summed E-state index contributed by atoms with van der Waals surface area (Å²) in [4.78, 5) is 0. The zero-order chi connectivity index (χ0) is 15.9. The van der Waals surface area contributed by atoms with E-state index in [0.29, 0.717) is 11.0 Å². The number of hydrogen-bond donors (Lipinski definition) is 2. The molecule has 0 amide bonds. The molecular formula is C16H19BNO3S. The molecule has 1 aromatic heterocycles. The fourth-order valence-electron chi connectivity index (χ4n) is 2.97. The van der Waals surface area contributed by atoms with Gasteiger partial charge in [0.15, 0.2) is 6.23 Å². The van der Waals surface area contributed by atoms with Gasteiger partial charge in [0.25, 0.3) is 0 Å².